The SMILES string of the molecule is O=S(=O)(NCC(c1cccs1)n1cccn1)c1cc(Cl)ccc1Cl. The second-order valence-corrected chi connectivity index (χ2v) is 8.50. The van der Waals surface area contributed by atoms with E-state index < -0.39 is 10.0 Å². The van der Waals surface area contributed by atoms with Gasteiger partial charge in [0.15, 0.2) is 0 Å². The molecule has 1 aromatic carbocycles. The van der Waals surface area contributed by atoms with Crippen molar-refractivity contribution in [1.82, 2.24) is 14.5 Å². The third-order valence-electron chi connectivity index (χ3n) is 3.37. The van der Waals surface area contributed by atoms with E-state index in [2.05, 4.69) is 9.82 Å². The molecule has 0 aliphatic heterocycles. The van der Waals surface area contributed by atoms with Crippen LogP contribution >= 0.6 is 34.5 Å². The number of nitrogens with zero attached hydrogens (tertiary/aromatic N) is 2. The van der Waals surface area contributed by atoms with Crippen molar-refractivity contribution in [1.29, 1.82) is 0 Å². The van der Waals surface area contributed by atoms with Crippen LogP contribution in [0.15, 0.2) is 59.1 Å². The number of aromatic nitrogens is 2. The van der Waals surface area contributed by atoms with Crippen molar-refractivity contribution >= 4 is 44.6 Å². The van der Waals surface area contributed by atoms with Gasteiger partial charge in [-0.15, -0.1) is 11.3 Å². The second kappa shape index (κ2) is 7.25. The van der Waals surface area contributed by atoms with Gasteiger partial charge in [-0.3, -0.25) is 4.68 Å². The lowest BCUT2D eigenvalue weighted by atomic mass is 10.2. The molecule has 1 atom stereocenters. The highest BCUT2D eigenvalue weighted by atomic mass is 35.5. The lowest BCUT2D eigenvalue weighted by Gasteiger charge is -2.17. The summed E-state index contributed by atoms with van der Waals surface area (Å²) >= 11 is 13.4. The maximum absolute atomic E-state index is 12.6. The minimum absolute atomic E-state index is 0.0398. The molecule has 0 aliphatic carbocycles. The van der Waals surface area contributed by atoms with Gasteiger partial charge in [-0.25, -0.2) is 13.1 Å². The molecule has 2 heterocycles. The summed E-state index contributed by atoms with van der Waals surface area (Å²) in [5.74, 6) is 0. The van der Waals surface area contributed by atoms with Gasteiger partial charge < -0.3 is 0 Å². The molecular weight excluding hydrogens is 389 g/mol. The first-order valence-electron chi connectivity index (χ1n) is 6.94. The Bertz CT molecular complexity index is 876. The van der Waals surface area contributed by atoms with Crippen LogP contribution in [0, 0.1) is 0 Å². The zero-order chi connectivity index (χ0) is 17.2. The van der Waals surface area contributed by atoms with Crippen molar-refractivity contribution < 1.29 is 8.42 Å². The van der Waals surface area contributed by atoms with E-state index in [1.807, 2.05) is 17.5 Å². The Morgan fingerprint density at radius 2 is 2.08 bits per heavy atom. The van der Waals surface area contributed by atoms with E-state index in [0.29, 0.717) is 5.02 Å². The Hall–Kier alpha value is -1.38. The van der Waals surface area contributed by atoms with Gasteiger partial charge in [-0.05, 0) is 35.7 Å². The molecule has 1 unspecified atom stereocenters. The molecule has 0 aliphatic rings. The van der Waals surface area contributed by atoms with Gasteiger partial charge in [0.05, 0.1) is 11.1 Å². The van der Waals surface area contributed by atoms with Crippen molar-refractivity contribution in [3.63, 3.8) is 0 Å². The van der Waals surface area contributed by atoms with Crippen LogP contribution in [0.25, 0.3) is 0 Å². The number of nitrogens with one attached hydrogen (secondary N) is 1. The lowest BCUT2D eigenvalue weighted by Crippen LogP contribution is -2.31. The molecule has 0 spiro atoms. The molecule has 3 aromatic rings. The van der Waals surface area contributed by atoms with Gasteiger partial charge in [0, 0.05) is 28.8 Å². The number of sulfonamides is 1. The van der Waals surface area contributed by atoms with E-state index in [1.54, 1.807) is 29.2 Å². The fraction of sp³-hybridized carbons (Fsp3) is 0.133. The van der Waals surface area contributed by atoms with Crippen LogP contribution in [-0.2, 0) is 10.0 Å². The van der Waals surface area contributed by atoms with Gasteiger partial charge in [0.1, 0.15) is 4.90 Å². The molecule has 0 saturated heterocycles. The molecule has 0 fully saturated rings. The molecule has 0 bridgehead atoms. The standard InChI is InChI=1S/C15H13Cl2N3O2S2/c16-11-4-5-12(17)15(9-11)24(21,22)19-10-13(14-3-1-8-23-14)20-7-2-6-18-20/h1-9,13,19H,10H2. The van der Waals surface area contributed by atoms with Crippen molar-refractivity contribution in [2.24, 2.45) is 0 Å². The van der Waals surface area contributed by atoms with E-state index in [-0.39, 0.29) is 22.5 Å². The van der Waals surface area contributed by atoms with E-state index in [9.17, 15) is 8.42 Å². The number of hydrogen-bond acceptors (Lipinski definition) is 4. The normalized spacial score (nSPS) is 13.1. The van der Waals surface area contributed by atoms with Gasteiger partial charge in [0.2, 0.25) is 10.0 Å². The van der Waals surface area contributed by atoms with Crippen LogP contribution in [0.4, 0.5) is 0 Å². The van der Waals surface area contributed by atoms with E-state index in [1.165, 1.54) is 23.5 Å². The summed E-state index contributed by atoms with van der Waals surface area (Å²) in [7, 11) is -3.79. The minimum atomic E-state index is -3.79. The van der Waals surface area contributed by atoms with Gasteiger partial charge in [-0.1, -0.05) is 29.3 Å². The molecule has 5 nitrogen and oxygen atoms in total. The monoisotopic (exact) mass is 401 g/mol. The van der Waals surface area contributed by atoms with Crippen molar-refractivity contribution in [2.75, 3.05) is 6.54 Å². The zero-order valence-corrected chi connectivity index (χ0v) is 15.4. The number of thiophene rings is 1. The highest BCUT2D eigenvalue weighted by Gasteiger charge is 2.22. The third-order valence-corrected chi connectivity index (χ3v) is 6.48. The summed E-state index contributed by atoms with van der Waals surface area (Å²) in [4.78, 5) is 0.959. The van der Waals surface area contributed by atoms with E-state index in [4.69, 9.17) is 23.2 Å². The quantitative estimate of drug-likeness (QED) is 0.682. The van der Waals surface area contributed by atoms with Crippen LogP contribution in [0.1, 0.15) is 10.9 Å². The Balaban J connectivity index is 1.85. The first-order chi connectivity index (χ1) is 11.5. The molecular formula is C15H13Cl2N3O2S2. The molecule has 126 valence electrons. The summed E-state index contributed by atoms with van der Waals surface area (Å²) in [5, 5.41) is 6.59. The summed E-state index contributed by atoms with van der Waals surface area (Å²) in [5.41, 5.74) is 0. The van der Waals surface area contributed by atoms with Crippen molar-refractivity contribution in [3.8, 4) is 0 Å². The van der Waals surface area contributed by atoms with Crippen LogP contribution in [0.5, 0.6) is 0 Å². The maximum atomic E-state index is 12.6. The maximum Gasteiger partial charge on any atom is 0.242 e. The first kappa shape index (κ1) is 17.4. The smallest absolute Gasteiger partial charge is 0.242 e. The highest BCUT2D eigenvalue weighted by molar-refractivity contribution is 7.89. The number of benzene rings is 1. The van der Waals surface area contributed by atoms with Crippen LogP contribution in [0.2, 0.25) is 10.0 Å². The number of halogens is 2. The lowest BCUT2D eigenvalue weighted by molar-refractivity contribution is 0.511. The molecule has 0 saturated carbocycles. The summed E-state index contributed by atoms with van der Waals surface area (Å²) in [6, 6.07) is 9.75. The highest BCUT2D eigenvalue weighted by Crippen LogP contribution is 2.26. The molecule has 9 heteroatoms. The molecule has 24 heavy (non-hydrogen) atoms. The van der Waals surface area contributed by atoms with Gasteiger partial charge >= 0.3 is 0 Å². The van der Waals surface area contributed by atoms with Gasteiger partial charge in [-0.2, -0.15) is 5.10 Å². The Morgan fingerprint density at radius 3 is 2.75 bits per heavy atom. The largest absolute Gasteiger partial charge is 0.263 e. The summed E-state index contributed by atoms with van der Waals surface area (Å²) in [6.07, 6.45) is 3.45. The molecule has 0 radical (unpaired) electrons. The second-order valence-electron chi connectivity index (χ2n) is 4.94. The van der Waals surface area contributed by atoms with Crippen molar-refractivity contribution in [2.45, 2.75) is 10.9 Å². The first-order valence-corrected chi connectivity index (χ1v) is 10.1. The van der Waals surface area contributed by atoms with E-state index in [0.717, 1.165) is 4.88 Å². The molecule has 3 rings (SSSR count). The Morgan fingerprint density at radius 1 is 1.25 bits per heavy atom. The molecule has 2 aromatic heterocycles. The fourth-order valence-electron chi connectivity index (χ4n) is 2.22. The predicted molar refractivity (Wildman–Crippen MR) is 96.3 cm³/mol. The fourth-order valence-corrected chi connectivity index (χ4v) is 4.84. The summed E-state index contributed by atoms with van der Waals surface area (Å²) in [6.45, 7) is 0.146. The number of rotatable bonds is 6. The van der Waals surface area contributed by atoms with Crippen LogP contribution < -0.4 is 4.72 Å². The predicted octanol–water partition coefficient (Wildman–Crippen LogP) is 3.82. The Labute approximate surface area is 153 Å². The molecule has 0 amide bonds. The number of hydrogen-bond donors (Lipinski definition) is 1. The zero-order valence-electron chi connectivity index (χ0n) is 12.3. The molecule has 1 N–H and O–H groups in total. The van der Waals surface area contributed by atoms with Gasteiger partial charge in [0.25, 0.3) is 0 Å². The average Bonchev–Trinajstić information content (AvgIpc) is 3.23. The minimum Gasteiger partial charge on any atom is -0.263 e. The average molecular weight is 402 g/mol. The Kier molecular flexibility index (Phi) is 5.27. The summed E-state index contributed by atoms with van der Waals surface area (Å²) < 4.78 is 29.4. The van der Waals surface area contributed by atoms with E-state index >= 15 is 0 Å². The van der Waals surface area contributed by atoms with Crippen LogP contribution in [-0.4, -0.2) is 24.7 Å². The topological polar surface area (TPSA) is 64.0 Å². The third kappa shape index (κ3) is 3.81. The van der Waals surface area contributed by atoms with Crippen molar-refractivity contribution in [3.05, 3.63) is 69.1 Å². The van der Waals surface area contributed by atoms with Crippen LogP contribution in [0.3, 0.4) is 0 Å².